The molecule has 0 aliphatic heterocycles. The van der Waals surface area contributed by atoms with E-state index in [0.717, 1.165) is 18.2 Å². The number of nitrogen functional groups attached to an aromatic ring is 1. The van der Waals surface area contributed by atoms with Crippen LogP contribution in [0.2, 0.25) is 0 Å². The molecule has 66 valence electrons. The molecule has 0 saturated carbocycles. The average Bonchev–Trinajstić information content (AvgIpc) is 1.92. The second kappa shape index (κ2) is 2.86. The molecule has 0 aliphatic rings. The number of aromatic hydroxyl groups is 1. The fourth-order valence-corrected chi connectivity index (χ4v) is 1.93. The number of rotatable bonds is 1. The number of anilines is 1. The molecule has 0 unspecified atom stereocenters. The summed E-state index contributed by atoms with van der Waals surface area (Å²) in [6, 6.07) is 3.39. The van der Waals surface area contributed by atoms with Crippen LogP contribution in [0.5, 0.6) is 5.75 Å². The van der Waals surface area contributed by atoms with Crippen LogP contribution >= 0.6 is 0 Å². The molecule has 5 nitrogen and oxygen atoms in total. The van der Waals surface area contributed by atoms with Gasteiger partial charge in [-0.15, -0.1) is 0 Å². The van der Waals surface area contributed by atoms with E-state index >= 15 is 0 Å². The Bertz CT molecular complexity index is 345. The fourth-order valence-electron chi connectivity index (χ4n) is 0.723. The third kappa shape index (κ3) is 1.82. The molecule has 0 aromatic heterocycles. The van der Waals surface area contributed by atoms with Crippen LogP contribution in [0.3, 0.4) is 0 Å². The Kier molecular flexibility index (Phi) is 2.19. The first kappa shape index (κ1) is 9.19. The third-order valence-corrected chi connectivity index (χ3v) is 3.34. The van der Waals surface area contributed by atoms with Crippen molar-refractivity contribution in [3.05, 3.63) is 18.2 Å². The van der Waals surface area contributed by atoms with Gasteiger partial charge in [0.15, 0.2) is 0 Å². The number of hydrogen-bond donors (Lipinski definition) is 4. The summed E-state index contributed by atoms with van der Waals surface area (Å²) in [6.45, 7) is 0. The Morgan fingerprint density at radius 2 is 1.92 bits per heavy atom. The van der Waals surface area contributed by atoms with E-state index in [4.69, 9.17) is 19.0 Å². The molecule has 0 saturated heterocycles. The van der Waals surface area contributed by atoms with Gasteiger partial charge in [0.05, 0.1) is 0 Å². The van der Waals surface area contributed by atoms with Gasteiger partial charge < -0.3 is 0 Å². The third-order valence-electron chi connectivity index (χ3n) is 1.35. The van der Waals surface area contributed by atoms with Gasteiger partial charge in [0.2, 0.25) is 0 Å². The number of phenols is 1. The normalized spacial score (nSPS) is 11.5. The molecular formula is C6H8AsNO4. The second-order valence-electron chi connectivity index (χ2n) is 2.29. The van der Waals surface area contributed by atoms with Gasteiger partial charge in [-0.1, -0.05) is 0 Å². The van der Waals surface area contributed by atoms with E-state index in [1.165, 1.54) is 0 Å². The summed E-state index contributed by atoms with van der Waals surface area (Å²) in [4.78, 5) is 0. The van der Waals surface area contributed by atoms with Crippen LogP contribution in [0.1, 0.15) is 0 Å². The number of nitrogens with two attached hydrogens (primary N) is 1. The predicted molar refractivity (Wildman–Crippen MR) is 43.0 cm³/mol. The zero-order valence-corrected chi connectivity index (χ0v) is 7.88. The van der Waals surface area contributed by atoms with Crippen LogP contribution in [-0.4, -0.2) is 27.5 Å². The molecule has 0 heterocycles. The molecule has 0 radical (unpaired) electrons. The molecule has 1 aromatic rings. The van der Waals surface area contributed by atoms with Crippen LogP contribution in [-0.2, 0) is 3.74 Å². The molecule has 0 aliphatic carbocycles. The van der Waals surface area contributed by atoms with E-state index < -0.39 is 14.2 Å². The number of hydrogen-bond acceptors (Lipinski definition) is 3. The average molecular weight is 233 g/mol. The second-order valence-corrected chi connectivity index (χ2v) is 5.65. The number of phenolic OH excluding ortho intramolecular Hbond substituents is 1. The first-order valence-electron chi connectivity index (χ1n) is 3.06. The van der Waals surface area contributed by atoms with Crippen molar-refractivity contribution in [3.63, 3.8) is 0 Å². The Balaban J connectivity index is 3.23. The van der Waals surface area contributed by atoms with Crippen molar-refractivity contribution in [2.24, 2.45) is 0 Å². The molecule has 12 heavy (non-hydrogen) atoms. The molecule has 0 fully saturated rings. The van der Waals surface area contributed by atoms with Crippen LogP contribution in [0.25, 0.3) is 0 Å². The van der Waals surface area contributed by atoms with Crippen molar-refractivity contribution in [2.75, 3.05) is 5.73 Å². The molecule has 6 heteroatoms. The minimum absolute atomic E-state index is 0.0303. The summed E-state index contributed by atoms with van der Waals surface area (Å²) in [5.41, 5.74) is 5.20. The Hall–Kier alpha value is -0.902. The molecule has 1 rings (SSSR count). The number of benzene rings is 1. The Labute approximate surface area is 71.5 Å². The Morgan fingerprint density at radius 1 is 1.33 bits per heavy atom. The predicted octanol–water partition coefficient (Wildman–Crippen LogP) is -1.46. The summed E-state index contributed by atoms with van der Waals surface area (Å²) in [7, 11) is 0. The van der Waals surface area contributed by atoms with Gasteiger partial charge in [-0.2, -0.15) is 0 Å². The van der Waals surface area contributed by atoms with Crippen molar-refractivity contribution in [1.82, 2.24) is 0 Å². The van der Waals surface area contributed by atoms with Crippen molar-refractivity contribution in [1.29, 1.82) is 0 Å². The summed E-state index contributed by atoms with van der Waals surface area (Å²) in [6.07, 6.45) is 0. The first-order chi connectivity index (χ1) is 5.41. The van der Waals surface area contributed by atoms with Crippen molar-refractivity contribution in [2.45, 2.75) is 0 Å². The molecule has 0 spiro atoms. The van der Waals surface area contributed by atoms with Gasteiger partial charge in [0, 0.05) is 0 Å². The van der Waals surface area contributed by atoms with E-state index in [-0.39, 0.29) is 15.8 Å². The van der Waals surface area contributed by atoms with Crippen LogP contribution in [0, 0.1) is 0 Å². The summed E-state index contributed by atoms with van der Waals surface area (Å²) in [5, 5.41) is 8.94. The van der Waals surface area contributed by atoms with Crippen LogP contribution in [0.15, 0.2) is 18.2 Å². The van der Waals surface area contributed by atoms with Crippen molar-refractivity contribution < 1.29 is 17.0 Å². The standard InChI is InChI=1S/C6H8AsNO4/c8-5-3-4(7(10,11)12)1-2-6(5)9/h1-3,9H,8H2,(H2,10,11,12). The zero-order chi connectivity index (χ0) is 9.35. The SMILES string of the molecule is Nc1cc([As](=O)(O)O)ccc1O. The van der Waals surface area contributed by atoms with Crippen molar-refractivity contribution in [3.8, 4) is 5.75 Å². The topological polar surface area (TPSA) is 104 Å². The van der Waals surface area contributed by atoms with E-state index in [2.05, 4.69) is 0 Å². The zero-order valence-electron chi connectivity index (χ0n) is 6.01. The van der Waals surface area contributed by atoms with E-state index in [1.54, 1.807) is 0 Å². The minimum atomic E-state index is -4.85. The summed E-state index contributed by atoms with van der Waals surface area (Å²) >= 11 is -4.85. The molecular weight excluding hydrogens is 225 g/mol. The molecule has 0 bridgehead atoms. The summed E-state index contributed by atoms with van der Waals surface area (Å²) < 4.78 is 28.1. The van der Waals surface area contributed by atoms with Crippen LogP contribution < -0.4 is 10.1 Å². The Morgan fingerprint density at radius 3 is 2.33 bits per heavy atom. The molecule has 1 aromatic carbocycles. The monoisotopic (exact) mass is 233 g/mol. The van der Waals surface area contributed by atoms with Gasteiger partial charge in [-0.05, 0) is 0 Å². The fraction of sp³-hybridized carbons (Fsp3) is 0. The van der Waals surface area contributed by atoms with E-state index in [0.29, 0.717) is 0 Å². The van der Waals surface area contributed by atoms with Gasteiger partial charge in [-0.25, -0.2) is 0 Å². The molecule has 0 atom stereocenters. The van der Waals surface area contributed by atoms with Crippen LogP contribution in [0.4, 0.5) is 5.69 Å². The summed E-state index contributed by atoms with van der Waals surface area (Å²) in [5.74, 6) is -0.178. The van der Waals surface area contributed by atoms with Crippen molar-refractivity contribution >= 4 is 24.2 Å². The quantitative estimate of drug-likeness (QED) is 0.269. The van der Waals surface area contributed by atoms with Gasteiger partial charge >= 0.3 is 70.9 Å². The van der Waals surface area contributed by atoms with E-state index in [9.17, 15) is 3.74 Å². The first-order valence-corrected chi connectivity index (χ1v) is 6.44. The maximum absolute atomic E-state index is 10.7. The van der Waals surface area contributed by atoms with E-state index in [1.807, 2.05) is 0 Å². The molecule has 5 N–H and O–H groups in total. The van der Waals surface area contributed by atoms with Gasteiger partial charge in [-0.3, -0.25) is 0 Å². The maximum atomic E-state index is 10.7. The van der Waals surface area contributed by atoms with Gasteiger partial charge in [0.1, 0.15) is 0 Å². The molecule has 0 amide bonds. The van der Waals surface area contributed by atoms with Gasteiger partial charge in [0.25, 0.3) is 0 Å².